The largest absolute Gasteiger partial charge is 0.308 e. The van der Waals surface area contributed by atoms with Crippen molar-refractivity contribution in [2.75, 3.05) is 18.5 Å². The lowest BCUT2D eigenvalue weighted by atomic mass is 10.3. The van der Waals surface area contributed by atoms with Crippen molar-refractivity contribution in [3.8, 4) is 0 Å². The summed E-state index contributed by atoms with van der Waals surface area (Å²) in [5, 5.41) is 0. The second-order valence-corrected chi connectivity index (χ2v) is 6.04. The number of rotatable bonds is 7. The number of nitrogen functional groups attached to an aromatic ring is 1. The van der Waals surface area contributed by atoms with E-state index in [0.717, 1.165) is 29.9 Å². The molecule has 5 heteroatoms. The second kappa shape index (κ2) is 5.43. The molecule has 1 aromatic rings. The molecule has 0 aromatic carbocycles. The van der Waals surface area contributed by atoms with Crippen molar-refractivity contribution in [2.24, 2.45) is 17.7 Å². The summed E-state index contributed by atoms with van der Waals surface area (Å²) >= 11 is 0. The Labute approximate surface area is 114 Å². The number of aryl methyl sites for hydroxylation is 1. The maximum absolute atomic E-state index is 5.45. The Morgan fingerprint density at radius 1 is 1.21 bits per heavy atom. The van der Waals surface area contributed by atoms with Crippen LogP contribution in [-0.2, 0) is 6.54 Å². The van der Waals surface area contributed by atoms with Gasteiger partial charge in [0, 0.05) is 24.8 Å². The van der Waals surface area contributed by atoms with Crippen LogP contribution in [0.2, 0.25) is 0 Å². The highest BCUT2D eigenvalue weighted by Crippen LogP contribution is 2.34. The first-order valence-corrected chi connectivity index (χ1v) is 7.26. The molecule has 2 aliphatic carbocycles. The van der Waals surface area contributed by atoms with Gasteiger partial charge in [-0.2, -0.15) is 0 Å². The van der Waals surface area contributed by atoms with Gasteiger partial charge in [0.25, 0.3) is 0 Å². The molecule has 0 aliphatic heterocycles. The molecule has 104 valence electrons. The molecular formula is C14H23N5. The first-order valence-electron chi connectivity index (χ1n) is 7.26. The van der Waals surface area contributed by atoms with Gasteiger partial charge in [-0.05, 0) is 44.4 Å². The van der Waals surface area contributed by atoms with Gasteiger partial charge in [0.15, 0.2) is 0 Å². The number of nitrogens with zero attached hydrogens (tertiary/aromatic N) is 3. The van der Waals surface area contributed by atoms with Crippen LogP contribution in [0.15, 0.2) is 6.07 Å². The van der Waals surface area contributed by atoms with Crippen molar-refractivity contribution in [2.45, 2.75) is 39.2 Å². The number of hydrazine groups is 1. The lowest BCUT2D eigenvalue weighted by molar-refractivity contribution is 0.238. The number of anilines is 1. The molecule has 0 bridgehead atoms. The smallest absolute Gasteiger partial charge is 0.145 e. The monoisotopic (exact) mass is 261 g/mol. The number of nitrogens with two attached hydrogens (primary N) is 1. The highest BCUT2D eigenvalue weighted by atomic mass is 15.3. The standard InChI is InChI=1S/C14H23N5/c1-10-6-13(18-15)17-14(16-10)9-19(7-11-2-3-11)8-12-4-5-12/h6,11-12H,2-5,7-9,15H2,1H3,(H,16,17,18). The summed E-state index contributed by atoms with van der Waals surface area (Å²) in [6.07, 6.45) is 5.58. The zero-order chi connectivity index (χ0) is 13.2. The minimum Gasteiger partial charge on any atom is -0.308 e. The Morgan fingerprint density at radius 2 is 1.84 bits per heavy atom. The maximum atomic E-state index is 5.45. The van der Waals surface area contributed by atoms with Gasteiger partial charge < -0.3 is 5.43 Å². The van der Waals surface area contributed by atoms with Gasteiger partial charge in [0.1, 0.15) is 11.6 Å². The quantitative estimate of drug-likeness (QED) is 0.577. The Hall–Kier alpha value is -1.20. The molecule has 0 unspecified atom stereocenters. The molecule has 2 aliphatic rings. The van der Waals surface area contributed by atoms with Crippen molar-refractivity contribution in [1.29, 1.82) is 0 Å². The molecule has 0 atom stereocenters. The SMILES string of the molecule is Cc1cc(NN)nc(CN(CC2CC2)CC2CC2)n1. The van der Waals surface area contributed by atoms with Crippen LogP contribution in [0.25, 0.3) is 0 Å². The van der Waals surface area contributed by atoms with Crippen LogP contribution in [0.1, 0.15) is 37.2 Å². The van der Waals surface area contributed by atoms with Gasteiger partial charge in [-0.15, -0.1) is 0 Å². The first kappa shape index (κ1) is 12.8. The summed E-state index contributed by atoms with van der Waals surface area (Å²) in [5.74, 6) is 8.86. The first-order chi connectivity index (χ1) is 9.22. The fraction of sp³-hybridized carbons (Fsp3) is 0.714. The Kier molecular flexibility index (Phi) is 3.66. The predicted molar refractivity (Wildman–Crippen MR) is 75.3 cm³/mol. The van der Waals surface area contributed by atoms with Gasteiger partial charge in [-0.1, -0.05) is 0 Å². The van der Waals surface area contributed by atoms with E-state index < -0.39 is 0 Å². The van der Waals surface area contributed by atoms with E-state index in [1.54, 1.807) is 0 Å². The number of hydrogen-bond acceptors (Lipinski definition) is 5. The summed E-state index contributed by atoms with van der Waals surface area (Å²) in [5.41, 5.74) is 3.59. The molecule has 1 heterocycles. The topological polar surface area (TPSA) is 67.1 Å². The summed E-state index contributed by atoms with van der Waals surface area (Å²) in [6.45, 7) is 5.25. The average Bonchev–Trinajstić information content (AvgIpc) is 3.24. The van der Waals surface area contributed by atoms with E-state index in [1.807, 2.05) is 13.0 Å². The molecule has 2 fully saturated rings. The van der Waals surface area contributed by atoms with E-state index in [9.17, 15) is 0 Å². The van der Waals surface area contributed by atoms with Crippen molar-refractivity contribution in [3.63, 3.8) is 0 Å². The van der Waals surface area contributed by atoms with E-state index in [2.05, 4.69) is 20.3 Å². The molecule has 2 saturated carbocycles. The summed E-state index contributed by atoms with van der Waals surface area (Å²) in [7, 11) is 0. The fourth-order valence-corrected chi connectivity index (χ4v) is 2.51. The average molecular weight is 261 g/mol. The Morgan fingerprint density at radius 3 is 2.37 bits per heavy atom. The molecule has 0 radical (unpaired) electrons. The van der Waals surface area contributed by atoms with Crippen LogP contribution in [0.4, 0.5) is 5.82 Å². The van der Waals surface area contributed by atoms with Crippen molar-refractivity contribution < 1.29 is 0 Å². The van der Waals surface area contributed by atoms with Crippen LogP contribution < -0.4 is 11.3 Å². The molecule has 3 rings (SSSR count). The van der Waals surface area contributed by atoms with Gasteiger partial charge in [0.2, 0.25) is 0 Å². The minimum absolute atomic E-state index is 0.709. The van der Waals surface area contributed by atoms with Gasteiger partial charge in [-0.3, -0.25) is 4.90 Å². The number of nitrogens with one attached hydrogen (secondary N) is 1. The third-order valence-electron chi connectivity index (χ3n) is 3.84. The third-order valence-corrected chi connectivity index (χ3v) is 3.84. The van der Waals surface area contributed by atoms with Crippen LogP contribution in [-0.4, -0.2) is 28.0 Å². The van der Waals surface area contributed by atoms with Crippen LogP contribution in [0.5, 0.6) is 0 Å². The fourth-order valence-electron chi connectivity index (χ4n) is 2.51. The molecular weight excluding hydrogens is 238 g/mol. The summed E-state index contributed by atoms with van der Waals surface area (Å²) in [4.78, 5) is 11.5. The van der Waals surface area contributed by atoms with Crippen molar-refractivity contribution in [3.05, 3.63) is 17.6 Å². The van der Waals surface area contributed by atoms with Crippen LogP contribution >= 0.6 is 0 Å². The molecule has 0 amide bonds. The second-order valence-electron chi connectivity index (χ2n) is 6.04. The predicted octanol–water partition coefficient (Wildman–Crippen LogP) is 1.69. The summed E-state index contributed by atoms with van der Waals surface area (Å²) in [6, 6.07) is 1.87. The molecule has 3 N–H and O–H groups in total. The number of hydrogen-bond donors (Lipinski definition) is 2. The van der Waals surface area contributed by atoms with E-state index in [4.69, 9.17) is 5.84 Å². The lowest BCUT2D eigenvalue weighted by Gasteiger charge is -2.21. The van der Waals surface area contributed by atoms with Crippen LogP contribution in [0, 0.1) is 18.8 Å². The minimum atomic E-state index is 0.709. The van der Waals surface area contributed by atoms with E-state index in [-0.39, 0.29) is 0 Å². The third kappa shape index (κ3) is 3.88. The van der Waals surface area contributed by atoms with Gasteiger partial charge in [-0.25, -0.2) is 15.8 Å². The zero-order valence-corrected chi connectivity index (χ0v) is 11.6. The number of aromatic nitrogens is 2. The normalized spacial score (nSPS) is 18.9. The maximum Gasteiger partial charge on any atom is 0.145 e. The molecule has 1 aromatic heterocycles. The zero-order valence-electron chi connectivity index (χ0n) is 11.6. The van der Waals surface area contributed by atoms with E-state index in [0.29, 0.717) is 5.82 Å². The van der Waals surface area contributed by atoms with Gasteiger partial charge >= 0.3 is 0 Å². The summed E-state index contributed by atoms with van der Waals surface area (Å²) < 4.78 is 0. The van der Waals surface area contributed by atoms with E-state index in [1.165, 1.54) is 38.8 Å². The molecule has 0 spiro atoms. The van der Waals surface area contributed by atoms with Crippen molar-refractivity contribution >= 4 is 5.82 Å². The van der Waals surface area contributed by atoms with Crippen molar-refractivity contribution in [1.82, 2.24) is 14.9 Å². The Bertz CT molecular complexity index is 425. The molecule has 5 nitrogen and oxygen atoms in total. The highest BCUT2D eigenvalue weighted by molar-refractivity contribution is 5.33. The Balaban J connectivity index is 1.66. The van der Waals surface area contributed by atoms with Gasteiger partial charge in [0.05, 0.1) is 6.54 Å². The highest BCUT2D eigenvalue weighted by Gasteiger charge is 2.29. The van der Waals surface area contributed by atoms with Crippen LogP contribution in [0.3, 0.4) is 0 Å². The van der Waals surface area contributed by atoms with E-state index >= 15 is 0 Å². The lowest BCUT2D eigenvalue weighted by Crippen LogP contribution is -2.29. The molecule has 0 saturated heterocycles. The molecule has 19 heavy (non-hydrogen) atoms.